The van der Waals surface area contributed by atoms with Crippen LogP contribution in [-0.2, 0) is 13.1 Å². The Hall–Kier alpha value is -1.70. The summed E-state index contributed by atoms with van der Waals surface area (Å²) >= 11 is 1.39. The molecule has 110 valence electrons. The van der Waals surface area contributed by atoms with Crippen LogP contribution in [0.4, 0.5) is 5.69 Å². The summed E-state index contributed by atoms with van der Waals surface area (Å²) in [5.41, 5.74) is 7.36. The molecule has 0 unspecified atom stereocenters. The number of aromatic nitrogens is 5. The van der Waals surface area contributed by atoms with E-state index in [0.29, 0.717) is 17.4 Å². The Morgan fingerprint density at radius 3 is 2.65 bits per heavy atom. The number of hydrogen-bond acceptors (Lipinski definition) is 5. The fourth-order valence-corrected chi connectivity index (χ4v) is 2.98. The standard InChI is InChI=1S/C12H20N6OS/c1-4-6-17-11(19)14-15-12(17)20-10-9(13)8(3)16-18(10)7-5-2/h4-7,13H2,1-3H3,(H,14,19). The summed E-state index contributed by atoms with van der Waals surface area (Å²) < 4.78 is 3.51. The fraction of sp³-hybridized carbons (Fsp3) is 0.583. The quantitative estimate of drug-likeness (QED) is 0.845. The summed E-state index contributed by atoms with van der Waals surface area (Å²) in [4.78, 5) is 11.7. The fourth-order valence-electron chi connectivity index (χ4n) is 1.93. The minimum Gasteiger partial charge on any atom is -0.395 e. The maximum atomic E-state index is 11.7. The number of anilines is 1. The monoisotopic (exact) mass is 296 g/mol. The zero-order chi connectivity index (χ0) is 14.7. The van der Waals surface area contributed by atoms with Gasteiger partial charge in [0.05, 0.1) is 11.4 Å². The van der Waals surface area contributed by atoms with Gasteiger partial charge in [-0.15, -0.1) is 5.10 Å². The van der Waals surface area contributed by atoms with E-state index in [9.17, 15) is 4.79 Å². The van der Waals surface area contributed by atoms with Gasteiger partial charge in [-0.25, -0.2) is 9.89 Å². The van der Waals surface area contributed by atoms with E-state index in [2.05, 4.69) is 22.2 Å². The van der Waals surface area contributed by atoms with Crippen LogP contribution in [0.3, 0.4) is 0 Å². The molecule has 2 aromatic heterocycles. The molecule has 0 bridgehead atoms. The van der Waals surface area contributed by atoms with Gasteiger partial charge >= 0.3 is 5.69 Å². The van der Waals surface area contributed by atoms with Gasteiger partial charge in [0.1, 0.15) is 5.03 Å². The summed E-state index contributed by atoms with van der Waals surface area (Å²) in [6.45, 7) is 7.42. The number of H-pyrrole nitrogens is 1. The lowest BCUT2D eigenvalue weighted by molar-refractivity contribution is 0.553. The molecule has 2 heterocycles. The predicted molar refractivity (Wildman–Crippen MR) is 78.9 cm³/mol. The Morgan fingerprint density at radius 1 is 1.30 bits per heavy atom. The van der Waals surface area contributed by atoms with Crippen molar-refractivity contribution in [1.29, 1.82) is 0 Å². The molecule has 0 atom stereocenters. The largest absolute Gasteiger partial charge is 0.395 e. The van der Waals surface area contributed by atoms with E-state index in [1.807, 2.05) is 18.5 Å². The van der Waals surface area contributed by atoms with Crippen LogP contribution in [0.2, 0.25) is 0 Å². The number of nitrogens with one attached hydrogen (secondary N) is 1. The maximum Gasteiger partial charge on any atom is 0.343 e. The molecule has 0 aliphatic rings. The van der Waals surface area contributed by atoms with Crippen LogP contribution in [0.15, 0.2) is 15.0 Å². The van der Waals surface area contributed by atoms with E-state index in [1.165, 1.54) is 11.8 Å². The van der Waals surface area contributed by atoms with Gasteiger partial charge in [-0.1, -0.05) is 13.8 Å². The lowest BCUT2D eigenvalue weighted by Gasteiger charge is -2.07. The molecule has 0 amide bonds. The van der Waals surface area contributed by atoms with Gasteiger partial charge in [0, 0.05) is 13.1 Å². The average Bonchev–Trinajstić information content (AvgIpc) is 2.88. The summed E-state index contributed by atoms with van der Waals surface area (Å²) in [7, 11) is 0. The molecule has 0 radical (unpaired) electrons. The molecule has 0 aliphatic heterocycles. The van der Waals surface area contributed by atoms with Gasteiger partial charge in [0.25, 0.3) is 0 Å². The molecule has 0 spiro atoms. The summed E-state index contributed by atoms with van der Waals surface area (Å²) in [6, 6.07) is 0. The minimum atomic E-state index is -0.189. The molecule has 0 saturated carbocycles. The van der Waals surface area contributed by atoms with Crippen LogP contribution >= 0.6 is 11.8 Å². The molecular weight excluding hydrogens is 276 g/mol. The van der Waals surface area contributed by atoms with Crippen LogP contribution < -0.4 is 11.4 Å². The SMILES string of the molecule is CCCn1nc(C)c(N)c1Sc1n[nH]c(=O)n1CCC. The molecular formula is C12H20N6OS. The number of nitrogens with two attached hydrogens (primary N) is 1. The third kappa shape index (κ3) is 2.74. The van der Waals surface area contributed by atoms with E-state index in [-0.39, 0.29) is 5.69 Å². The van der Waals surface area contributed by atoms with Crippen LogP contribution in [0.1, 0.15) is 32.4 Å². The van der Waals surface area contributed by atoms with Gasteiger partial charge in [0.15, 0.2) is 5.16 Å². The molecule has 0 saturated heterocycles. The van der Waals surface area contributed by atoms with Crippen LogP contribution in [0.5, 0.6) is 0 Å². The number of aromatic amines is 1. The molecule has 20 heavy (non-hydrogen) atoms. The maximum absolute atomic E-state index is 11.7. The molecule has 0 aromatic carbocycles. The second kappa shape index (κ2) is 6.17. The third-order valence-corrected chi connectivity index (χ3v) is 4.04. The lowest BCUT2D eigenvalue weighted by Crippen LogP contribution is -2.17. The normalized spacial score (nSPS) is 11.2. The molecule has 7 nitrogen and oxygen atoms in total. The molecule has 3 N–H and O–H groups in total. The van der Waals surface area contributed by atoms with Gasteiger partial charge in [-0.05, 0) is 31.5 Å². The second-order valence-electron chi connectivity index (χ2n) is 4.59. The third-order valence-electron chi connectivity index (χ3n) is 2.92. The highest BCUT2D eigenvalue weighted by Crippen LogP contribution is 2.32. The number of nitrogen functional groups attached to an aromatic ring is 1. The Bertz CT molecular complexity index is 641. The van der Waals surface area contributed by atoms with Crippen molar-refractivity contribution in [3.63, 3.8) is 0 Å². The summed E-state index contributed by atoms with van der Waals surface area (Å²) in [6.07, 6.45) is 1.84. The first-order valence-electron chi connectivity index (χ1n) is 6.74. The summed E-state index contributed by atoms with van der Waals surface area (Å²) in [5.74, 6) is 0. The zero-order valence-electron chi connectivity index (χ0n) is 12.0. The number of rotatable bonds is 6. The van der Waals surface area contributed by atoms with Gasteiger partial charge in [0.2, 0.25) is 0 Å². The first kappa shape index (κ1) is 14.7. The zero-order valence-corrected chi connectivity index (χ0v) is 12.8. The van der Waals surface area contributed by atoms with E-state index in [0.717, 1.165) is 30.1 Å². The van der Waals surface area contributed by atoms with Crippen molar-refractivity contribution in [2.75, 3.05) is 5.73 Å². The highest BCUT2D eigenvalue weighted by molar-refractivity contribution is 7.99. The van der Waals surface area contributed by atoms with Crippen LogP contribution in [0.25, 0.3) is 0 Å². The molecule has 0 aliphatic carbocycles. The molecule has 2 rings (SSSR count). The topological polar surface area (TPSA) is 94.5 Å². The lowest BCUT2D eigenvalue weighted by atomic mass is 10.4. The highest BCUT2D eigenvalue weighted by atomic mass is 32.2. The smallest absolute Gasteiger partial charge is 0.343 e. The van der Waals surface area contributed by atoms with E-state index >= 15 is 0 Å². The second-order valence-corrected chi connectivity index (χ2v) is 5.55. The molecule has 0 fully saturated rings. The Kier molecular flexibility index (Phi) is 4.53. The number of nitrogens with zero attached hydrogens (tertiary/aromatic N) is 4. The van der Waals surface area contributed by atoms with Crippen molar-refractivity contribution < 1.29 is 0 Å². The van der Waals surface area contributed by atoms with Gasteiger partial charge in [-0.3, -0.25) is 9.25 Å². The van der Waals surface area contributed by atoms with Gasteiger partial charge < -0.3 is 5.73 Å². The highest BCUT2D eigenvalue weighted by Gasteiger charge is 2.17. The van der Waals surface area contributed by atoms with Crippen molar-refractivity contribution in [2.24, 2.45) is 0 Å². The minimum absolute atomic E-state index is 0.189. The van der Waals surface area contributed by atoms with E-state index in [4.69, 9.17) is 5.73 Å². The average molecular weight is 296 g/mol. The van der Waals surface area contributed by atoms with E-state index < -0.39 is 0 Å². The van der Waals surface area contributed by atoms with Crippen molar-refractivity contribution in [2.45, 2.75) is 56.9 Å². The van der Waals surface area contributed by atoms with Gasteiger partial charge in [-0.2, -0.15) is 5.10 Å². The molecule has 8 heteroatoms. The van der Waals surface area contributed by atoms with Crippen molar-refractivity contribution >= 4 is 17.4 Å². The van der Waals surface area contributed by atoms with Crippen LogP contribution in [-0.4, -0.2) is 24.5 Å². The Labute approximate surface area is 121 Å². The Morgan fingerprint density at radius 2 is 2.00 bits per heavy atom. The van der Waals surface area contributed by atoms with Crippen molar-refractivity contribution in [3.05, 3.63) is 16.2 Å². The Balaban J connectivity index is 2.37. The first-order chi connectivity index (χ1) is 9.58. The van der Waals surface area contributed by atoms with E-state index in [1.54, 1.807) is 4.57 Å². The van der Waals surface area contributed by atoms with Crippen molar-refractivity contribution in [3.8, 4) is 0 Å². The number of hydrogen-bond donors (Lipinski definition) is 2. The summed E-state index contributed by atoms with van der Waals surface area (Å²) in [5, 5.41) is 12.5. The van der Waals surface area contributed by atoms with Crippen LogP contribution in [0, 0.1) is 6.92 Å². The van der Waals surface area contributed by atoms with Crippen molar-refractivity contribution in [1.82, 2.24) is 24.5 Å². The predicted octanol–water partition coefficient (Wildman–Crippen LogP) is 1.63. The first-order valence-corrected chi connectivity index (χ1v) is 7.56. The molecule has 2 aromatic rings. The number of aryl methyl sites for hydroxylation is 2.